The minimum Gasteiger partial charge on any atom is -0.342 e. The summed E-state index contributed by atoms with van der Waals surface area (Å²) in [5, 5.41) is 10.5. The van der Waals surface area contributed by atoms with Crippen molar-refractivity contribution in [2.45, 2.75) is 18.7 Å². The van der Waals surface area contributed by atoms with Gasteiger partial charge in [0, 0.05) is 36.7 Å². The van der Waals surface area contributed by atoms with Crippen molar-refractivity contribution in [2.75, 3.05) is 13.6 Å². The van der Waals surface area contributed by atoms with Gasteiger partial charge in [-0.1, -0.05) is 0 Å². The number of carbonyl (C=O) groups excluding carboxylic acids is 1. The number of nitro benzene ring substituents is 1. The first-order valence-electron chi connectivity index (χ1n) is 5.56. The number of nitrogens with zero attached hydrogens (tertiary/aromatic N) is 2. The Morgan fingerprint density at radius 3 is 2.44 bits per heavy atom. The van der Waals surface area contributed by atoms with E-state index < -0.39 is 4.92 Å². The van der Waals surface area contributed by atoms with Crippen LogP contribution in [0, 0.1) is 10.1 Å². The Bertz CT molecular complexity index is 431. The molecule has 0 fully saturated rings. The minimum atomic E-state index is -0.493. The lowest BCUT2D eigenvalue weighted by atomic mass is 10.2. The molecule has 0 aliphatic rings. The van der Waals surface area contributed by atoms with Gasteiger partial charge in [0.25, 0.3) is 11.6 Å². The molecular weight excluding hydrogens is 256 g/mol. The third-order valence-corrected chi connectivity index (χ3v) is 2.75. The van der Waals surface area contributed by atoms with E-state index in [2.05, 4.69) is 0 Å². The molecule has 0 aliphatic heterocycles. The maximum atomic E-state index is 12.0. The quantitative estimate of drug-likeness (QED) is 0.469. The van der Waals surface area contributed by atoms with Crippen molar-refractivity contribution in [2.24, 2.45) is 0 Å². The van der Waals surface area contributed by atoms with Crippen LogP contribution in [0.1, 0.15) is 23.7 Å². The predicted molar refractivity (Wildman–Crippen MR) is 70.0 cm³/mol. The van der Waals surface area contributed by atoms with E-state index in [-0.39, 0.29) is 17.0 Å². The molecule has 1 rings (SSSR count). The number of amides is 1. The number of benzene rings is 1. The van der Waals surface area contributed by atoms with Crippen molar-refractivity contribution < 1.29 is 9.72 Å². The lowest BCUT2D eigenvalue weighted by Gasteiger charge is -2.17. The van der Waals surface area contributed by atoms with Gasteiger partial charge in [0.15, 0.2) is 0 Å². The molecule has 1 unspecified atom stereocenters. The molecule has 1 amide bonds. The number of hydrogen-bond acceptors (Lipinski definition) is 3. The fourth-order valence-corrected chi connectivity index (χ4v) is 1.52. The van der Waals surface area contributed by atoms with Gasteiger partial charge in [0.2, 0.25) is 0 Å². The number of nitro groups is 1. The highest BCUT2D eigenvalue weighted by Crippen LogP contribution is 2.13. The molecule has 0 saturated heterocycles. The fourth-order valence-electron chi connectivity index (χ4n) is 1.42. The zero-order chi connectivity index (χ0) is 13.7. The van der Waals surface area contributed by atoms with Crippen LogP contribution in [-0.2, 0) is 0 Å². The van der Waals surface area contributed by atoms with Crippen LogP contribution in [0.4, 0.5) is 5.69 Å². The molecular formula is C12H15ClN2O3. The maximum absolute atomic E-state index is 12.0. The Morgan fingerprint density at radius 2 is 2.00 bits per heavy atom. The molecule has 0 heterocycles. The van der Waals surface area contributed by atoms with Gasteiger partial charge in [-0.05, 0) is 25.5 Å². The summed E-state index contributed by atoms with van der Waals surface area (Å²) in [6.45, 7) is 2.42. The van der Waals surface area contributed by atoms with Crippen LogP contribution in [0.3, 0.4) is 0 Å². The van der Waals surface area contributed by atoms with E-state index >= 15 is 0 Å². The second-order valence-corrected chi connectivity index (χ2v) is 4.85. The molecule has 1 aromatic carbocycles. The number of alkyl halides is 1. The molecule has 18 heavy (non-hydrogen) atoms. The van der Waals surface area contributed by atoms with Crippen molar-refractivity contribution in [3.8, 4) is 0 Å². The van der Waals surface area contributed by atoms with E-state index in [1.165, 1.54) is 24.3 Å². The summed E-state index contributed by atoms with van der Waals surface area (Å²) in [7, 11) is 1.68. The normalized spacial score (nSPS) is 11.9. The van der Waals surface area contributed by atoms with Gasteiger partial charge in [-0.25, -0.2) is 0 Å². The van der Waals surface area contributed by atoms with E-state index in [0.29, 0.717) is 18.5 Å². The van der Waals surface area contributed by atoms with Crippen molar-refractivity contribution in [1.29, 1.82) is 0 Å². The summed E-state index contributed by atoms with van der Waals surface area (Å²) in [6, 6.07) is 5.57. The Hall–Kier alpha value is -1.62. The summed E-state index contributed by atoms with van der Waals surface area (Å²) in [5.74, 6) is -0.165. The molecule has 0 bridgehead atoms. The molecule has 0 spiro atoms. The highest BCUT2D eigenvalue weighted by molar-refractivity contribution is 6.20. The van der Waals surface area contributed by atoms with E-state index in [0.717, 1.165) is 0 Å². The second kappa shape index (κ2) is 6.35. The molecule has 98 valence electrons. The van der Waals surface area contributed by atoms with Crippen molar-refractivity contribution in [1.82, 2.24) is 4.90 Å². The standard InChI is InChI=1S/C12H15ClN2O3/c1-9(13)7-8-14(2)12(16)10-3-5-11(6-4-10)15(17)18/h3-6,9H,7-8H2,1-2H3. The zero-order valence-electron chi connectivity index (χ0n) is 10.3. The van der Waals surface area contributed by atoms with Crippen LogP contribution in [0.2, 0.25) is 0 Å². The number of rotatable bonds is 5. The molecule has 0 radical (unpaired) electrons. The number of non-ortho nitro benzene ring substituents is 1. The van der Waals surface area contributed by atoms with Crippen LogP contribution in [0.5, 0.6) is 0 Å². The summed E-state index contributed by atoms with van der Waals surface area (Å²) < 4.78 is 0. The Labute approximate surface area is 110 Å². The minimum absolute atomic E-state index is 0.0112. The molecule has 0 aromatic heterocycles. The van der Waals surface area contributed by atoms with Crippen LogP contribution in [0.25, 0.3) is 0 Å². The van der Waals surface area contributed by atoms with E-state index in [9.17, 15) is 14.9 Å². The number of hydrogen-bond donors (Lipinski definition) is 0. The van der Waals surface area contributed by atoms with E-state index in [1.807, 2.05) is 6.92 Å². The van der Waals surface area contributed by atoms with Crippen LogP contribution in [-0.4, -0.2) is 34.7 Å². The predicted octanol–water partition coefficient (Wildman–Crippen LogP) is 2.68. The lowest BCUT2D eigenvalue weighted by Crippen LogP contribution is -2.28. The third kappa shape index (κ3) is 4.00. The topological polar surface area (TPSA) is 63.5 Å². The summed E-state index contributed by atoms with van der Waals surface area (Å²) in [5.41, 5.74) is 0.411. The first-order chi connectivity index (χ1) is 8.41. The molecule has 1 atom stereocenters. The first kappa shape index (κ1) is 14.4. The number of halogens is 1. The molecule has 0 aliphatic carbocycles. The van der Waals surface area contributed by atoms with E-state index in [4.69, 9.17) is 11.6 Å². The maximum Gasteiger partial charge on any atom is 0.269 e. The zero-order valence-corrected chi connectivity index (χ0v) is 11.1. The highest BCUT2D eigenvalue weighted by Gasteiger charge is 2.13. The molecule has 5 nitrogen and oxygen atoms in total. The van der Waals surface area contributed by atoms with Gasteiger partial charge in [-0.2, -0.15) is 0 Å². The van der Waals surface area contributed by atoms with Gasteiger partial charge in [-0.15, -0.1) is 11.6 Å². The summed E-state index contributed by atoms with van der Waals surface area (Å²) >= 11 is 5.82. The van der Waals surface area contributed by atoms with Gasteiger partial charge in [-0.3, -0.25) is 14.9 Å². The summed E-state index contributed by atoms with van der Waals surface area (Å²) in [4.78, 5) is 23.5. The monoisotopic (exact) mass is 270 g/mol. The average Bonchev–Trinajstić information content (AvgIpc) is 2.35. The molecule has 0 saturated carbocycles. The van der Waals surface area contributed by atoms with Crippen molar-refractivity contribution in [3.05, 3.63) is 39.9 Å². The van der Waals surface area contributed by atoms with Gasteiger partial charge < -0.3 is 4.90 Å². The largest absolute Gasteiger partial charge is 0.342 e. The first-order valence-corrected chi connectivity index (χ1v) is 5.99. The van der Waals surface area contributed by atoms with Crippen LogP contribution in [0.15, 0.2) is 24.3 Å². The second-order valence-electron chi connectivity index (χ2n) is 4.10. The SMILES string of the molecule is CC(Cl)CCN(C)C(=O)c1ccc([N+](=O)[O-])cc1. The van der Waals surface area contributed by atoms with E-state index in [1.54, 1.807) is 11.9 Å². The van der Waals surface area contributed by atoms with Crippen molar-refractivity contribution in [3.63, 3.8) is 0 Å². The Morgan fingerprint density at radius 1 is 1.44 bits per heavy atom. The number of carbonyl (C=O) groups is 1. The van der Waals surface area contributed by atoms with Gasteiger partial charge in [0.05, 0.1) is 4.92 Å². The molecule has 0 N–H and O–H groups in total. The van der Waals surface area contributed by atoms with Gasteiger partial charge >= 0.3 is 0 Å². The lowest BCUT2D eigenvalue weighted by molar-refractivity contribution is -0.384. The smallest absolute Gasteiger partial charge is 0.269 e. The van der Waals surface area contributed by atoms with Crippen LogP contribution < -0.4 is 0 Å². The Kier molecular flexibility index (Phi) is 5.09. The Balaban J connectivity index is 2.69. The highest BCUT2D eigenvalue weighted by atomic mass is 35.5. The fraction of sp³-hybridized carbons (Fsp3) is 0.417. The van der Waals surface area contributed by atoms with Crippen LogP contribution >= 0.6 is 11.6 Å². The third-order valence-electron chi connectivity index (χ3n) is 2.53. The van der Waals surface area contributed by atoms with Gasteiger partial charge in [0.1, 0.15) is 0 Å². The summed E-state index contributed by atoms with van der Waals surface area (Å²) in [6.07, 6.45) is 0.705. The average molecular weight is 271 g/mol. The van der Waals surface area contributed by atoms with Crippen molar-refractivity contribution >= 4 is 23.2 Å². The molecule has 6 heteroatoms. The molecule has 1 aromatic rings.